The summed E-state index contributed by atoms with van der Waals surface area (Å²) >= 11 is 12.9. The number of para-hydroxylation sites is 1. The van der Waals surface area contributed by atoms with Gasteiger partial charge in [0.2, 0.25) is 0 Å². The number of carbonyl (C=O) groups excluding carboxylic acids is 1. The molecule has 4 aromatic carbocycles. The zero-order valence-corrected chi connectivity index (χ0v) is 26.0. The van der Waals surface area contributed by atoms with Crippen LogP contribution in [0.4, 0.5) is 10.1 Å². The summed E-state index contributed by atoms with van der Waals surface area (Å²) in [6.45, 7) is 0.462. The smallest absolute Gasteiger partial charge is 0.338 e. The zero-order chi connectivity index (χ0) is 31.1. The molecule has 1 atom stereocenters. The number of hydrogen-bond donors (Lipinski definition) is 1. The van der Waals surface area contributed by atoms with Gasteiger partial charge in [0.1, 0.15) is 22.0 Å². The highest BCUT2D eigenvalue weighted by atomic mass is 35.5. The van der Waals surface area contributed by atoms with Gasteiger partial charge >= 0.3 is 5.97 Å². The fourth-order valence-electron chi connectivity index (χ4n) is 4.80. The highest BCUT2D eigenvalue weighted by Gasteiger charge is 2.24. The number of halogens is 3. The SMILES string of the molecule is COc1ccc([C@H](Cc2c(Cl)c[nH+]cc2Cl)OC(=O)c2ccc(-c3cccc(CNc4ccccc4F)c3)cc2)cc1OC.[OH-]. The number of aromatic amines is 1. The summed E-state index contributed by atoms with van der Waals surface area (Å²) in [6, 6.07) is 27.0. The minimum atomic E-state index is -0.724. The number of rotatable bonds is 11. The number of methoxy groups -OCH3 is 2. The minimum Gasteiger partial charge on any atom is -0.870 e. The Labute approximate surface area is 270 Å². The summed E-state index contributed by atoms with van der Waals surface area (Å²) in [4.78, 5) is 16.3. The highest BCUT2D eigenvalue weighted by Crippen LogP contribution is 2.35. The van der Waals surface area contributed by atoms with Crippen LogP contribution < -0.4 is 19.8 Å². The van der Waals surface area contributed by atoms with E-state index in [1.54, 1.807) is 69.1 Å². The number of aromatic nitrogens is 1. The molecule has 5 aromatic rings. The van der Waals surface area contributed by atoms with Crippen molar-refractivity contribution in [2.75, 3.05) is 19.5 Å². The topological polar surface area (TPSA) is 101 Å². The molecule has 10 heteroatoms. The van der Waals surface area contributed by atoms with Gasteiger partial charge in [-0.2, -0.15) is 0 Å². The lowest BCUT2D eigenvalue weighted by molar-refractivity contribution is -0.377. The second kappa shape index (κ2) is 15.4. The molecule has 232 valence electrons. The normalized spacial score (nSPS) is 11.2. The number of hydrogen-bond acceptors (Lipinski definition) is 6. The fourth-order valence-corrected chi connectivity index (χ4v) is 5.33. The van der Waals surface area contributed by atoms with Crippen molar-refractivity contribution in [1.29, 1.82) is 0 Å². The predicted octanol–water partition coefficient (Wildman–Crippen LogP) is 8.21. The van der Waals surface area contributed by atoms with Crippen LogP contribution in [0.3, 0.4) is 0 Å². The van der Waals surface area contributed by atoms with E-state index in [-0.39, 0.29) is 17.7 Å². The van der Waals surface area contributed by atoms with E-state index >= 15 is 0 Å². The van der Waals surface area contributed by atoms with Crippen LogP contribution in [-0.2, 0) is 17.7 Å². The van der Waals surface area contributed by atoms with Crippen molar-refractivity contribution in [2.45, 2.75) is 19.1 Å². The first-order valence-electron chi connectivity index (χ1n) is 13.8. The van der Waals surface area contributed by atoms with Crippen molar-refractivity contribution in [3.05, 3.63) is 142 Å². The van der Waals surface area contributed by atoms with Gasteiger partial charge < -0.3 is 25.0 Å². The third-order valence-electron chi connectivity index (χ3n) is 7.15. The largest absolute Gasteiger partial charge is 0.870 e. The summed E-state index contributed by atoms with van der Waals surface area (Å²) in [5.41, 5.74) is 5.03. The van der Waals surface area contributed by atoms with Crippen molar-refractivity contribution < 1.29 is 33.9 Å². The second-order valence-electron chi connectivity index (χ2n) is 9.95. The van der Waals surface area contributed by atoms with Gasteiger partial charge in [0.25, 0.3) is 0 Å². The van der Waals surface area contributed by atoms with Gasteiger partial charge in [0.05, 0.1) is 25.5 Å². The summed E-state index contributed by atoms with van der Waals surface area (Å²) in [5, 5.41) is 3.98. The van der Waals surface area contributed by atoms with Gasteiger partial charge in [-0.25, -0.2) is 14.2 Å². The highest BCUT2D eigenvalue weighted by molar-refractivity contribution is 6.35. The van der Waals surface area contributed by atoms with E-state index in [0.29, 0.717) is 50.5 Å². The fraction of sp³-hybridized carbons (Fsp3) is 0.143. The maximum absolute atomic E-state index is 14.0. The third kappa shape index (κ3) is 8.10. The quantitative estimate of drug-likeness (QED) is 0.145. The standard InChI is InChI=1S/C35H29Cl2FN2O4.H2O/c1-42-32-15-14-26(17-34(32)43-2)33(18-27-28(36)20-39-21-29(27)37)44-35(41)24-12-10-23(11-13-24)25-7-5-6-22(16-25)19-40-31-9-4-3-8-30(31)38;/h3-17,20-21,33,40H,18-19H2,1-2H3;1H2/t33-;/m0./s1. The summed E-state index contributed by atoms with van der Waals surface area (Å²) < 4.78 is 30.9. The molecule has 0 amide bonds. The van der Waals surface area contributed by atoms with Crippen LogP contribution in [-0.4, -0.2) is 25.7 Å². The van der Waals surface area contributed by atoms with Crippen LogP contribution >= 0.6 is 23.2 Å². The average Bonchev–Trinajstić information content (AvgIpc) is 3.05. The molecule has 0 fully saturated rings. The van der Waals surface area contributed by atoms with E-state index in [0.717, 1.165) is 16.7 Å². The maximum atomic E-state index is 14.0. The Morgan fingerprint density at radius 3 is 2.24 bits per heavy atom. The van der Waals surface area contributed by atoms with E-state index in [2.05, 4.69) is 10.3 Å². The lowest BCUT2D eigenvalue weighted by Gasteiger charge is -2.20. The molecule has 0 radical (unpaired) electrons. The van der Waals surface area contributed by atoms with E-state index in [4.69, 9.17) is 37.4 Å². The van der Waals surface area contributed by atoms with Crippen LogP contribution in [0.2, 0.25) is 10.0 Å². The molecule has 7 nitrogen and oxygen atoms in total. The third-order valence-corrected chi connectivity index (χ3v) is 7.83. The molecule has 0 saturated carbocycles. The van der Waals surface area contributed by atoms with E-state index in [1.807, 2.05) is 42.5 Å². The number of H-pyrrole nitrogens is 1. The van der Waals surface area contributed by atoms with Crippen LogP contribution in [0.25, 0.3) is 11.1 Å². The van der Waals surface area contributed by atoms with Crippen LogP contribution in [0.5, 0.6) is 11.5 Å². The molecule has 0 spiro atoms. The Morgan fingerprint density at radius 1 is 0.844 bits per heavy atom. The number of pyridine rings is 1. The molecule has 0 bridgehead atoms. The Hall–Kier alpha value is -4.63. The van der Waals surface area contributed by atoms with E-state index in [9.17, 15) is 9.18 Å². The zero-order valence-electron chi connectivity index (χ0n) is 24.5. The van der Waals surface area contributed by atoms with E-state index in [1.165, 1.54) is 6.07 Å². The molecule has 0 aliphatic rings. The maximum Gasteiger partial charge on any atom is 0.338 e. The molecule has 1 aromatic heterocycles. The first kappa shape index (κ1) is 33.3. The Bertz CT molecular complexity index is 1750. The molecule has 0 unspecified atom stereocenters. The molecule has 0 aliphatic carbocycles. The molecule has 1 heterocycles. The number of nitrogens with one attached hydrogen (secondary N) is 2. The Balaban J connectivity index is 0.00000461. The Kier molecular flexibility index (Phi) is 11.4. The molecular formula is C35H31Cl2FN2O5. The van der Waals surface area contributed by atoms with Crippen LogP contribution in [0.15, 0.2) is 103 Å². The molecule has 45 heavy (non-hydrogen) atoms. The Morgan fingerprint density at radius 2 is 1.56 bits per heavy atom. The first-order chi connectivity index (χ1) is 21.4. The van der Waals surface area contributed by atoms with Crippen molar-refractivity contribution in [1.82, 2.24) is 0 Å². The first-order valence-corrected chi connectivity index (χ1v) is 14.6. The van der Waals surface area contributed by atoms with E-state index < -0.39 is 12.1 Å². The number of carbonyl (C=O) groups is 1. The van der Waals surface area contributed by atoms with Gasteiger partial charge in [-0.1, -0.05) is 71.7 Å². The lowest BCUT2D eigenvalue weighted by Crippen LogP contribution is -2.15. The predicted molar refractivity (Wildman–Crippen MR) is 172 cm³/mol. The molecule has 3 N–H and O–H groups in total. The second-order valence-corrected chi connectivity index (χ2v) is 10.8. The molecule has 0 saturated heterocycles. The van der Waals surface area contributed by atoms with Gasteiger partial charge in [-0.3, -0.25) is 0 Å². The van der Waals surface area contributed by atoms with Gasteiger partial charge in [0.15, 0.2) is 23.9 Å². The molecule has 5 rings (SSSR count). The van der Waals surface area contributed by atoms with Gasteiger partial charge in [-0.05, 0) is 64.7 Å². The average molecular weight is 650 g/mol. The lowest BCUT2D eigenvalue weighted by atomic mass is 10.0. The van der Waals surface area contributed by atoms with Crippen LogP contribution in [0.1, 0.15) is 33.2 Å². The summed E-state index contributed by atoms with van der Waals surface area (Å²) in [7, 11) is 3.10. The van der Waals surface area contributed by atoms with Crippen molar-refractivity contribution >= 4 is 34.9 Å². The van der Waals surface area contributed by atoms with Crippen LogP contribution in [0, 0.1) is 5.82 Å². The summed E-state index contributed by atoms with van der Waals surface area (Å²) in [5.74, 6) is 0.247. The number of benzene rings is 4. The monoisotopic (exact) mass is 648 g/mol. The van der Waals surface area contributed by atoms with Gasteiger partial charge in [0, 0.05) is 18.5 Å². The number of ether oxygens (including phenoxy) is 3. The summed E-state index contributed by atoms with van der Waals surface area (Å²) in [6.07, 6.45) is 2.76. The van der Waals surface area contributed by atoms with Gasteiger partial charge in [-0.15, -0.1) is 0 Å². The van der Waals surface area contributed by atoms with Crippen molar-refractivity contribution in [3.8, 4) is 22.6 Å². The van der Waals surface area contributed by atoms with Crippen molar-refractivity contribution in [2.24, 2.45) is 0 Å². The van der Waals surface area contributed by atoms with Crippen molar-refractivity contribution in [3.63, 3.8) is 0 Å². The molecular weight excluding hydrogens is 618 g/mol. The number of esters is 1. The molecule has 0 aliphatic heterocycles. The number of anilines is 1. The minimum absolute atomic E-state index is 0.